The van der Waals surface area contributed by atoms with E-state index in [-0.39, 0.29) is 18.3 Å². The van der Waals surface area contributed by atoms with Gasteiger partial charge in [-0.3, -0.25) is 14.5 Å². The molecule has 3 rings (SSSR count). The lowest BCUT2D eigenvalue weighted by atomic mass is 9.96. The molecule has 2 aromatic carbocycles. The molecule has 0 saturated heterocycles. The molecule has 1 aliphatic heterocycles. The largest absolute Gasteiger partial charge is 0.481 e. The maximum absolute atomic E-state index is 13.9. The van der Waals surface area contributed by atoms with Crippen molar-refractivity contribution in [2.75, 3.05) is 16.8 Å². The van der Waals surface area contributed by atoms with Crippen LogP contribution in [0.2, 0.25) is 0 Å². The minimum atomic E-state index is -1.09. The highest BCUT2D eigenvalue weighted by molar-refractivity contribution is 9.10. The maximum Gasteiger partial charge on any atom is 0.265 e. The quantitative estimate of drug-likeness (QED) is 0.844. The second-order valence-corrected chi connectivity index (χ2v) is 7.04. The van der Waals surface area contributed by atoms with Crippen LogP contribution in [0.5, 0.6) is 5.75 Å². The van der Waals surface area contributed by atoms with E-state index in [1.54, 1.807) is 44.2 Å². The molecule has 5 nitrogen and oxygen atoms in total. The number of para-hydroxylation sites is 2. The SMILES string of the molecule is CC1(C)C(=O)Nc2ccccc2N1C(=O)COc1ccc(Br)cc1F. The molecule has 0 radical (unpaired) electrons. The van der Waals surface area contributed by atoms with Gasteiger partial charge in [0.25, 0.3) is 5.91 Å². The van der Waals surface area contributed by atoms with Crippen molar-refractivity contribution in [3.63, 3.8) is 0 Å². The number of ether oxygens (including phenoxy) is 1. The van der Waals surface area contributed by atoms with Gasteiger partial charge >= 0.3 is 0 Å². The van der Waals surface area contributed by atoms with Gasteiger partial charge in [-0.1, -0.05) is 28.1 Å². The lowest BCUT2D eigenvalue weighted by Gasteiger charge is -2.41. The molecule has 0 fully saturated rings. The summed E-state index contributed by atoms with van der Waals surface area (Å²) in [5.74, 6) is -1.33. The Morgan fingerprint density at radius 1 is 1.28 bits per heavy atom. The summed E-state index contributed by atoms with van der Waals surface area (Å²) in [6, 6.07) is 11.3. The number of benzene rings is 2. The first kappa shape index (κ1) is 17.4. The number of amides is 2. The van der Waals surface area contributed by atoms with Gasteiger partial charge in [-0.25, -0.2) is 4.39 Å². The fourth-order valence-electron chi connectivity index (χ4n) is 2.69. The molecule has 1 aliphatic rings. The van der Waals surface area contributed by atoms with Crippen molar-refractivity contribution in [1.29, 1.82) is 0 Å². The summed E-state index contributed by atoms with van der Waals surface area (Å²) in [5, 5.41) is 2.79. The molecule has 0 bridgehead atoms. The summed E-state index contributed by atoms with van der Waals surface area (Å²) in [7, 11) is 0. The predicted octanol–water partition coefficient (Wildman–Crippen LogP) is 3.73. The van der Waals surface area contributed by atoms with Crippen molar-refractivity contribution in [3.05, 3.63) is 52.8 Å². The number of carbonyl (C=O) groups excluding carboxylic acids is 2. The van der Waals surface area contributed by atoms with Crippen molar-refractivity contribution < 1.29 is 18.7 Å². The summed E-state index contributed by atoms with van der Waals surface area (Å²) in [5.41, 5.74) is 0.0412. The summed E-state index contributed by atoms with van der Waals surface area (Å²) < 4.78 is 19.8. The molecule has 2 aromatic rings. The average molecular weight is 407 g/mol. The van der Waals surface area contributed by atoms with Gasteiger partial charge in [0.1, 0.15) is 5.54 Å². The third-order valence-corrected chi connectivity index (χ3v) is 4.50. The molecule has 7 heteroatoms. The Balaban J connectivity index is 1.86. The van der Waals surface area contributed by atoms with Crippen LogP contribution in [0.4, 0.5) is 15.8 Å². The zero-order valence-electron chi connectivity index (χ0n) is 13.7. The van der Waals surface area contributed by atoms with E-state index < -0.39 is 17.3 Å². The van der Waals surface area contributed by atoms with E-state index in [0.717, 1.165) is 0 Å². The van der Waals surface area contributed by atoms with Crippen LogP contribution in [0.3, 0.4) is 0 Å². The Morgan fingerprint density at radius 2 is 2.00 bits per heavy atom. The highest BCUT2D eigenvalue weighted by Gasteiger charge is 2.43. The normalized spacial score (nSPS) is 15.4. The number of carbonyl (C=O) groups is 2. The van der Waals surface area contributed by atoms with Gasteiger partial charge in [-0.2, -0.15) is 0 Å². The van der Waals surface area contributed by atoms with E-state index in [2.05, 4.69) is 21.2 Å². The second kappa shape index (κ2) is 6.48. The standard InChI is InChI=1S/C18H16BrFN2O3/c1-18(2)17(24)21-13-5-3-4-6-14(13)22(18)16(23)10-25-15-8-7-11(19)9-12(15)20/h3-9H,10H2,1-2H3,(H,21,24). The zero-order valence-corrected chi connectivity index (χ0v) is 15.3. The van der Waals surface area contributed by atoms with E-state index >= 15 is 0 Å². The molecule has 130 valence electrons. The summed E-state index contributed by atoms with van der Waals surface area (Å²) in [4.78, 5) is 26.5. The van der Waals surface area contributed by atoms with Crippen LogP contribution in [0.1, 0.15) is 13.8 Å². The van der Waals surface area contributed by atoms with Crippen LogP contribution in [0.25, 0.3) is 0 Å². The minimum absolute atomic E-state index is 0.0240. The molecular weight excluding hydrogens is 391 g/mol. The van der Waals surface area contributed by atoms with Gasteiger partial charge in [0.15, 0.2) is 18.2 Å². The van der Waals surface area contributed by atoms with Crippen molar-refractivity contribution in [2.24, 2.45) is 0 Å². The van der Waals surface area contributed by atoms with E-state index in [0.29, 0.717) is 15.8 Å². The highest BCUT2D eigenvalue weighted by Crippen LogP contribution is 2.36. The van der Waals surface area contributed by atoms with Crippen LogP contribution in [0.15, 0.2) is 46.9 Å². The van der Waals surface area contributed by atoms with Gasteiger partial charge in [0, 0.05) is 4.47 Å². The lowest BCUT2D eigenvalue weighted by molar-refractivity contribution is -0.127. The molecule has 25 heavy (non-hydrogen) atoms. The minimum Gasteiger partial charge on any atom is -0.481 e. The van der Waals surface area contributed by atoms with Crippen LogP contribution in [0, 0.1) is 5.82 Å². The van der Waals surface area contributed by atoms with Gasteiger partial charge < -0.3 is 10.1 Å². The summed E-state index contributed by atoms with van der Waals surface area (Å²) in [6.45, 7) is 2.91. The average Bonchev–Trinajstić information content (AvgIpc) is 2.54. The Kier molecular flexibility index (Phi) is 4.51. The number of nitrogens with one attached hydrogen (secondary N) is 1. The summed E-state index contributed by atoms with van der Waals surface area (Å²) >= 11 is 3.16. The second-order valence-electron chi connectivity index (χ2n) is 6.12. The van der Waals surface area contributed by atoms with E-state index in [4.69, 9.17) is 4.74 Å². The predicted molar refractivity (Wildman–Crippen MR) is 96.2 cm³/mol. The summed E-state index contributed by atoms with van der Waals surface area (Å²) in [6.07, 6.45) is 0. The molecular formula is C18H16BrFN2O3. The fourth-order valence-corrected chi connectivity index (χ4v) is 3.03. The van der Waals surface area contributed by atoms with Crippen LogP contribution < -0.4 is 15.0 Å². The number of rotatable bonds is 3. The highest BCUT2D eigenvalue weighted by atomic mass is 79.9. The van der Waals surface area contributed by atoms with E-state index in [1.165, 1.54) is 17.0 Å². The number of hydrogen-bond acceptors (Lipinski definition) is 3. The van der Waals surface area contributed by atoms with Crippen molar-refractivity contribution in [2.45, 2.75) is 19.4 Å². The fraction of sp³-hybridized carbons (Fsp3) is 0.222. The molecule has 2 amide bonds. The Hall–Kier alpha value is -2.41. The molecule has 0 aromatic heterocycles. The van der Waals surface area contributed by atoms with Gasteiger partial charge in [-0.15, -0.1) is 0 Å². The van der Waals surface area contributed by atoms with Crippen LogP contribution >= 0.6 is 15.9 Å². The van der Waals surface area contributed by atoms with Gasteiger partial charge in [-0.05, 0) is 44.2 Å². The molecule has 0 atom stereocenters. The molecule has 0 unspecified atom stereocenters. The monoisotopic (exact) mass is 406 g/mol. The first-order valence-electron chi connectivity index (χ1n) is 7.62. The molecule has 0 spiro atoms. The number of anilines is 2. The zero-order chi connectivity index (χ0) is 18.2. The van der Waals surface area contributed by atoms with E-state index in [1.807, 2.05) is 0 Å². The third kappa shape index (κ3) is 3.24. The molecule has 1 N–H and O–H groups in total. The molecule has 0 aliphatic carbocycles. The number of fused-ring (bicyclic) bond motifs is 1. The lowest BCUT2D eigenvalue weighted by Crippen LogP contribution is -2.59. The topological polar surface area (TPSA) is 58.6 Å². The Bertz CT molecular complexity index is 854. The number of halogens is 2. The Labute approximate surface area is 152 Å². The first-order chi connectivity index (χ1) is 11.8. The smallest absolute Gasteiger partial charge is 0.265 e. The van der Waals surface area contributed by atoms with Crippen LogP contribution in [-0.4, -0.2) is 24.0 Å². The van der Waals surface area contributed by atoms with E-state index in [9.17, 15) is 14.0 Å². The van der Waals surface area contributed by atoms with Crippen molar-refractivity contribution in [1.82, 2.24) is 0 Å². The van der Waals surface area contributed by atoms with Crippen LogP contribution in [-0.2, 0) is 9.59 Å². The number of hydrogen-bond donors (Lipinski definition) is 1. The van der Waals surface area contributed by atoms with Crippen molar-refractivity contribution >= 4 is 39.1 Å². The van der Waals surface area contributed by atoms with Gasteiger partial charge in [0.05, 0.1) is 11.4 Å². The third-order valence-electron chi connectivity index (χ3n) is 4.00. The van der Waals surface area contributed by atoms with Gasteiger partial charge in [0.2, 0.25) is 5.91 Å². The Morgan fingerprint density at radius 3 is 2.72 bits per heavy atom. The molecule has 0 saturated carbocycles. The maximum atomic E-state index is 13.9. The first-order valence-corrected chi connectivity index (χ1v) is 8.41. The van der Waals surface area contributed by atoms with Crippen molar-refractivity contribution in [3.8, 4) is 5.75 Å². The number of nitrogens with zero attached hydrogens (tertiary/aromatic N) is 1. The molecule has 1 heterocycles.